The number of para-hydroxylation sites is 1. The number of Topliss-reactive ketones (excluding diaryl/α,β-unsaturated/α-hetero) is 1. The van der Waals surface area contributed by atoms with Crippen molar-refractivity contribution in [1.29, 1.82) is 0 Å². The van der Waals surface area contributed by atoms with Crippen LogP contribution in [0, 0.1) is 6.92 Å². The highest BCUT2D eigenvalue weighted by Crippen LogP contribution is 2.37. The minimum Gasteiger partial charge on any atom is -0.312 e. The molecule has 0 spiro atoms. The fraction of sp³-hybridized carbons (Fsp3) is 0.190. The highest BCUT2D eigenvalue weighted by atomic mass is 16.1. The summed E-state index contributed by atoms with van der Waals surface area (Å²) in [5.41, 5.74) is 5.92. The second-order valence-electron chi connectivity index (χ2n) is 6.47. The van der Waals surface area contributed by atoms with Gasteiger partial charge in [-0.25, -0.2) is 0 Å². The number of aryl methyl sites for hydroxylation is 2. The molecule has 2 aromatic carbocycles. The van der Waals surface area contributed by atoms with Gasteiger partial charge in [0.15, 0.2) is 5.78 Å². The number of fused-ring (bicyclic) bond motifs is 8. The Hall–Kier alpha value is -2.61. The topological polar surface area (TPSA) is 21.5 Å². The molecule has 0 radical (unpaired) electrons. The second kappa shape index (κ2) is 4.45. The molecule has 0 saturated heterocycles. The first-order valence-electron chi connectivity index (χ1n) is 8.24. The van der Waals surface area contributed by atoms with Crippen molar-refractivity contribution in [2.45, 2.75) is 26.2 Å². The van der Waals surface area contributed by atoms with Gasteiger partial charge in [0.1, 0.15) is 0 Å². The van der Waals surface area contributed by atoms with Crippen LogP contribution in [0.5, 0.6) is 0 Å². The molecule has 2 heterocycles. The molecule has 0 N–H and O–H groups in total. The third-order valence-electron chi connectivity index (χ3n) is 5.23. The van der Waals surface area contributed by atoms with Gasteiger partial charge in [-0.15, -0.1) is 0 Å². The lowest BCUT2D eigenvalue weighted by atomic mass is 9.90. The average molecular weight is 299 g/mol. The zero-order valence-electron chi connectivity index (χ0n) is 13.1. The van der Waals surface area contributed by atoms with Gasteiger partial charge < -0.3 is 4.40 Å². The van der Waals surface area contributed by atoms with Crippen molar-refractivity contribution in [1.82, 2.24) is 4.40 Å². The molecule has 2 nitrogen and oxygen atoms in total. The fourth-order valence-electron chi connectivity index (χ4n) is 4.27. The lowest BCUT2D eigenvalue weighted by Gasteiger charge is -2.20. The van der Waals surface area contributed by atoms with Gasteiger partial charge in [0.25, 0.3) is 0 Å². The molecule has 0 unspecified atom stereocenters. The van der Waals surface area contributed by atoms with Gasteiger partial charge in [0.2, 0.25) is 0 Å². The Kier molecular flexibility index (Phi) is 2.49. The van der Waals surface area contributed by atoms with Crippen molar-refractivity contribution in [3.8, 4) is 0 Å². The number of rotatable bonds is 0. The second-order valence-corrected chi connectivity index (χ2v) is 6.47. The third-order valence-corrected chi connectivity index (χ3v) is 5.23. The van der Waals surface area contributed by atoms with E-state index in [4.69, 9.17) is 0 Å². The van der Waals surface area contributed by atoms with Gasteiger partial charge in [0.05, 0.1) is 11.0 Å². The molecule has 4 aromatic rings. The van der Waals surface area contributed by atoms with E-state index >= 15 is 0 Å². The molecule has 1 aliphatic rings. The summed E-state index contributed by atoms with van der Waals surface area (Å²) in [6, 6.07) is 16.9. The minimum atomic E-state index is 0.291. The van der Waals surface area contributed by atoms with Crippen molar-refractivity contribution < 1.29 is 4.79 Å². The predicted octanol–water partition coefficient (Wildman–Crippen LogP) is 5.07. The minimum absolute atomic E-state index is 0.291. The summed E-state index contributed by atoms with van der Waals surface area (Å²) in [5.74, 6) is 0.291. The Morgan fingerprint density at radius 1 is 0.870 bits per heavy atom. The maximum absolute atomic E-state index is 12.7. The molecule has 23 heavy (non-hydrogen) atoms. The van der Waals surface area contributed by atoms with Crippen LogP contribution < -0.4 is 0 Å². The normalized spacial score (nSPS) is 14.7. The molecule has 0 amide bonds. The molecule has 0 aliphatic heterocycles. The molecule has 0 fully saturated rings. The number of aromatic nitrogens is 1. The van der Waals surface area contributed by atoms with Crippen LogP contribution in [0.1, 0.15) is 34.5 Å². The lowest BCUT2D eigenvalue weighted by molar-refractivity contribution is 0.0973. The molecule has 1 aliphatic carbocycles. The molecule has 2 aromatic heterocycles. The van der Waals surface area contributed by atoms with E-state index in [1.165, 1.54) is 33.1 Å². The SMILES string of the molecule is Cc1c2ccccc2n2c3c(c4ccccc4c12)C(=O)CCC3. The molecule has 0 bridgehead atoms. The van der Waals surface area contributed by atoms with Crippen LogP contribution in [0.2, 0.25) is 0 Å². The number of carbonyl (C=O) groups is 1. The van der Waals surface area contributed by atoms with E-state index in [2.05, 4.69) is 53.8 Å². The fourth-order valence-corrected chi connectivity index (χ4v) is 4.27. The molecule has 112 valence electrons. The monoisotopic (exact) mass is 299 g/mol. The Bertz CT molecular complexity index is 1120. The molecular weight excluding hydrogens is 282 g/mol. The largest absolute Gasteiger partial charge is 0.312 e. The summed E-state index contributed by atoms with van der Waals surface area (Å²) in [7, 11) is 0. The van der Waals surface area contributed by atoms with E-state index in [0.717, 1.165) is 23.8 Å². The maximum Gasteiger partial charge on any atom is 0.165 e. The first-order valence-corrected chi connectivity index (χ1v) is 8.24. The van der Waals surface area contributed by atoms with E-state index in [1.807, 2.05) is 6.07 Å². The number of nitrogens with zero attached hydrogens (tertiary/aromatic N) is 1. The van der Waals surface area contributed by atoms with Gasteiger partial charge in [-0.3, -0.25) is 4.79 Å². The van der Waals surface area contributed by atoms with Crippen molar-refractivity contribution in [3.05, 3.63) is 65.4 Å². The van der Waals surface area contributed by atoms with E-state index in [9.17, 15) is 4.79 Å². The Morgan fingerprint density at radius 3 is 2.39 bits per heavy atom. The highest BCUT2D eigenvalue weighted by molar-refractivity contribution is 6.16. The van der Waals surface area contributed by atoms with Crippen LogP contribution >= 0.6 is 0 Å². The summed E-state index contributed by atoms with van der Waals surface area (Å²) >= 11 is 0. The maximum atomic E-state index is 12.7. The zero-order chi connectivity index (χ0) is 15.6. The summed E-state index contributed by atoms with van der Waals surface area (Å²) in [4.78, 5) is 12.7. The van der Waals surface area contributed by atoms with E-state index in [1.54, 1.807) is 0 Å². The van der Waals surface area contributed by atoms with Crippen molar-refractivity contribution in [2.75, 3.05) is 0 Å². The summed E-state index contributed by atoms with van der Waals surface area (Å²) < 4.78 is 2.35. The highest BCUT2D eigenvalue weighted by Gasteiger charge is 2.25. The van der Waals surface area contributed by atoms with Gasteiger partial charge in [-0.1, -0.05) is 42.5 Å². The smallest absolute Gasteiger partial charge is 0.165 e. The van der Waals surface area contributed by atoms with Gasteiger partial charge in [-0.2, -0.15) is 0 Å². The number of carbonyl (C=O) groups excluding carboxylic acids is 1. The first-order chi connectivity index (χ1) is 11.3. The average Bonchev–Trinajstić information content (AvgIpc) is 2.89. The van der Waals surface area contributed by atoms with Crippen LogP contribution in [0.15, 0.2) is 48.5 Å². The van der Waals surface area contributed by atoms with E-state index in [0.29, 0.717) is 12.2 Å². The van der Waals surface area contributed by atoms with Crippen molar-refractivity contribution >= 4 is 33.0 Å². The van der Waals surface area contributed by atoms with Gasteiger partial charge >= 0.3 is 0 Å². The van der Waals surface area contributed by atoms with Gasteiger partial charge in [-0.05, 0) is 36.8 Å². The molecule has 5 rings (SSSR count). The quantitative estimate of drug-likeness (QED) is 0.444. The van der Waals surface area contributed by atoms with Crippen LogP contribution in [-0.4, -0.2) is 10.2 Å². The molecule has 0 atom stereocenters. The van der Waals surface area contributed by atoms with Gasteiger partial charge in [0, 0.05) is 28.5 Å². The Labute approximate surface area is 134 Å². The van der Waals surface area contributed by atoms with Crippen LogP contribution in [0.3, 0.4) is 0 Å². The molecule has 2 heteroatoms. The standard InChI is InChI=1S/C21H17NO/c1-13-14-7-4-5-10-17(14)22-18-11-6-12-19(23)20(18)15-8-2-3-9-16(15)21(13)22/h2-5,7-10H,6,11-12H2,1H3. The van der Waals surface area contributed by atoms with Crippen molar-refractivity contribution in [3.63, 3.8) is 0 Å². The Morgan fingerprint density at radius 2 is 1.57 bits per heavy atom. The van der Waals surface area contributed by atoms with Crippen LogP contribution in [0.4, 0.5) is 0 Å². The van der Waals surface area contributed by atoms with Crippen LogP contribution in [-0.2, 0) is 6.42 Å². The summed E-state index contributed by atoms with van der Waals surface area (Å²) in [5, 5.41) is 3.59. The first kappa shape index (κ1) is 12.9. The zero-order valence-corrected chi connectivity index (χ0v) is 13.1. The number of hydrogen-bond donors (Lipinski definition) is 0. The number of pyridine rings is 1. The van der Waals surface area contributed by atoms with E-state index in [-0.39, 0.29) is 0 Å². The lowest BCUT2D eigenvalue weighted by Crippen LogP contribution is -2.15. The molecular formula is C21H17NO. The number of benzene rings is 2. The molecule has 0 saturated carbocycles. The van der Waals surface area contributed by atoms with Crippen LogP contribution in [0.25, 0.3) is 27.2 Å². The Balaban J connectivity index is 2.18. The summed E-state index contributed by atoms with van der Waals surface area (Å²) in [6.07, 6.45) is 2.59. The number of ketones is 1. The predicted molar refractivity (Wildman–Crippen MR) is 94.4 cm³/mol. The van der Waals surface area contributed by atoms with E-state index < -0.39 is 0 Å². The third kappa shape index (κ3) is 1.56. The summed E-state index contributed by atoms with van der Waals surface area (Å²) in [6.45, 7) is 2.20. The van der Waals surface area contributed by atoms with Crippen molar-refractivity contribution in [2.24, 2.45) is 0 Å². The number of hydrogen-bond acceptors (Lipinski definition) is 1.